The highest BCUT2D eigenvalue weighted by molar-refractivity contribution is 5.95. The second kappa shape index (κ2) is 7.14. The Hall–Kier alpha value is -1.55. The van der Waals surface area contributed by atoms with Crippen LogP contribution in [0.1, 0.15) is 47.7 Å². The molecule has 106 valence electrons. The van der Waals surface area contributed by atoms with Crippen LogP contribution in [0, 0.1) is 6.92 Å². The number of ether oxygens (including phenoxy) is 2. The van der Waals surface area contributed by atoms with Crippen LogP contribution in [0.25, 0.3) is 0 Å². The van der Waals surface area contributed by atoms with E-state index in [1.54, 1.807) is 13.2 Å². The number of rotatable bonds is 7. The molecule has 0 unspecified atom stereocenters. The molecule has 0 atom stereocenters. The van der Waals surface area contributed by atoms with Crippen molar-refractivity contribution in [1.82, 2.24) is 0 Å². The second-order valence-corrected chi connectivity index (χ2v) is 4.89. The minimum Gasteiger partial charge on any atom is -0.493 e. The molecule has 0 bridgehead atoms. The molecule has 1 aromatic rings. The van der Waals surface area contributed by atoms with Crippen LogP contribution in [-0.2, 0) is 4.74 Å². The van der Waals surface area contributed by atoms with Crippen molar-refractivity contribution in [3.8, 4) is 5.75 Å². The Bertz CT molecular complexity index is 441. The van der Waals surface area contributed by atoms with Crippen molar-refractivity contribution in [3.63, 3.8) is 0 Å². The summed E-state index contributed by atoms with van der Waals surface area (Å²) in [6.45, 7) is 7.26. The van der Waals surface area contributed by atoms with Crippen molar-refractivity contribution in [2.75, 3.05) is 20.3 Å². The van der Waals surface area contributed by atoms with E-state index in [1.807, 2.05) is 26.8 Å². The van der Waals surface area contributed by atoms with E-state index >= 15 is 0 Å². The van der Waals surface area contributed by atoms with Crippen LogP contribution in [0.2, 0.25) is 0 Å². The zero-order valence-electron chi connectivity index (χ0n) is 12.2. The van der Waals surface area contributed by atoms with Gasteiger partial charge < -0.3 is 15.2 Å². The third kappa shape index (κ3) is 3.96. The van der Waals surface area contributed by atoms with E-state index in [2.05, 4.69) is 0 Å². The summed E-state index contributed by atoms with van der Waals surface area (Å²) in [6, 6.07) is 3.65. The molecule has 0 fully saturated rings. The van der Waals surface area contributed by atoms with Crippen LogP contribution in [0.15, 0.2) is 12.1 Å². The second-order valence-electron chi connectivity index (χ2n) is 4.89. The topological polar surface area (TPSA) is 61.6 Å². The average Bonchev–Trinajstić information content (AvgIpc) is 2.35. The molecule has 1 rings (SSSR count). The van der Waals surface area contributed by atoms with Crippen molar-refractivity contribution in [1.29, 1.82) is 0 Å². The van der Waals surface area contributed by atoms with Gasteiger partial charge in [-0.3, -0.25) is 4.79 Å². The highest BCUT2D eigenvalue weighted by atomic mass is 16.5. The molecule has 19 heavy (non-hydrogen) atoms. The van der Waals surface area contributed by atoms with Gasteiger partial charge in [0.1, 0.15) is 5.75 Å². The van der Waals surface area contributed by atoms with Gasteiger partial charge in [-0.15, -0.1) is 0 Å². The minimum atomic E-state index is -0.412. The summed E-state index contributed by atoms with van der Waals surface area (Å²) in [5, 5.41) is 0. The largest absolute Gasteiger partial charge is 0.493 e. The predicted molar refractivity (Wildman–Crippen MR) is 75.8 cm³/mol. The average molecular weight is 265 g/mol. The van der Waals surface area contributed by atoms with Crippen molar-refractivity contribution in [3.05, 3.63) is 28.8 Å². The summed E-state index contributed by atoms with van der Waals surface area (Å²) in [5.41, 5.74) is 7.89. The molecule has 2 N–H and O–H groups in total. The van der Waals surface area contributed by atoms with E-state index in [1.165, 1.54) is 0 Å². The highest BCUT2D eigenvalue weighted by Crippen LogP contribution is 2.33. The number of carbonyl (C=O) groups excluding carboxylic acids is 1. The first kappa shape index (κ1) is 15.5. The number of primary amides is 1. The molecule has 0 aromatic heterocycles. The molecule has 4 nitrogen and oxygen atoms in total. The third-order valence-corrected chi connectivity index (χ3v) is 2.97. The van der Waals surface area contributed by atoms with Gasteiger partial charge in [0.25, 0.3) is 0 Å². The van der Waals surface area contributed by atoms with Crippen molar-refractivity contribution in [2.45, 2.75) is 33.1 Å². The monoisotopic (exact) mass is 265 g/mol. The molecule has 0 aliphatic heterocycles. The number of hydrogen-bond donors (Lipinski definition) is 1. The lowest BCUT2D eigenvalue weighted by atomic mass is 9.93. The van der Waals surface area contributed by atoms with E-state index in [0.717, 1.165) is 23.3 Å². The Morgan fingerprint density at radius 1 is 1.32 bits per heavy atom. The summed E-state index contributed by atoms with van der Waals surface area (Å²) in [7, 11) is 1.67. The molecular formula is C15H23NO3. The molecule has 0 aliphatic carbocycles. The molecule has 0 saturated heterocycles. The summed E-state index contributed by atoms with van der Waals surface area (Å²) in [5.74, 6) is 0.549. The van der Waals surface area contributed by atoms with Crippen LogP contribution >= 0.6 is 0 Å². The van der Waals surface area contributed by atoms with Gasteiger partial charge in [0.15, 0.2) is 0 Å². The van der Waals surface area contributed by atoms with Gasteiger partial charge in [0, 0.05) is 31.3 Å². The molecule has 1 amide bonds. The first-order valence-electron chi connectivity index (χ1n) is 6.54. The zero-order chi connectivity index (χ0) is 14.4. The minimum absolute atomic E-state index is 0.180. The number of carbonyl (C=O) groups is 1. The van der Waals surface area contributed by atoms with Crippen molar-refractivity contribution >= 4 is 5.91 Å². The molecule has 0 saturated carbocycles. The van der Waals surface area contributed by atoms with Gasteiger partial charge in [-0.25, -0.2) is 0 Å². The van der Waals surface area contributed by atoms with Crippen LogP contribution in [-0.4, -0.2) is 26.2 Å². The van der Waals surface area contributed by atoms with E-state index in [9.17, 15) is 4.79 Å². The van der Waals surface area contributed by atoms with Crippen LogP contribution < -0.4 is 10.5 Å². The molecule has 0 heterocycles. The fraction of sp³-hybridized carbons (Fsp3) is 0.533. The van der Waals surface area contributed by atoms with Crippen LogP contribution in [0.5, 0.6) is 5.75 Å². The molecule has 0 spiro atoms. The smallest absolute Gasteiger partial charge is 0.249 e. The number of benzene rings is 1. The lowest BCUT2D eigenvalue weighted by Gasteiger charge is -2.19. The first-order chi connectivity index (χ1) is 8.99. The van der Waals surface area contributed by atoms with Crippen molar-refractivity contribution in [2.24, 2.45) is 5.73 Å². The van der Waals surface area contributed by atoms with E-state index in [4.69, 9.17) is 15.2 Å². The number of methoxy groups -OCH3 is 1. The lowest BCUT2D eigenvalue weighted by Crippen LogP contribution is -2.16. The Morgan fingerprint density at radius 3 is 2.53 bits per heavy atom. The van der Waals surface area contributed by atoms with E-state index in [0.29, 0.717) is 18.8 Å². The van der Waals surface area contributed by atoms with Gasteiger partial charge in [0.05, 0.1) is 6.61 Å². The maximum atomic E-state index is 11.5. The predicted octanol–water partition coefficient (Wildman–Crippen LogP) is 2.63. The van der Waals surface area contributed by atoms with E-state index in [-0.39, 0.29) is 5.92 Å². The van der Waals surface area contributed by atoms with Gasteiger partial charge in [0.2, 0.25) is 5.91 Å². The summed E-state index contributed by atoms with van der Waals surface area (Å²) < 4.78 is 10.8. The molecule has 0 aliphatic rings. The summed E-state index contributed by atoms with van der Waals surface area (Å²) in [6.07, 6.45) is 0.814. The fourth-order valence-corrected chi connectivity index (χ4v) is 2.07. The lowest BCUT2D eigenvalue weighted by molar-refractivity contribution is 0.0998. The normalized spacial score (nSPS) is 10.8. The number of aryl methyl sites for hydroxylation is 1. The molecule has 0 radical (unpaired) electrons. The highest BCUT2D eigenvalue weighted by Gasteiger charge is 2.18. The SMILES string of the molecule is COCCCOc1c(C)ccc(C(N)=O)c1C(C)C. The number of nitrogens with two attached hydrogens (primary N) is 1. The third-order valence-electron chi connectivity index (χ3n) is 2.97. The Morgan fingerprint density at radius 2 is 2.00 bits per heavy atom. The standard InChI is InChI=1S/C15H23NO3/c1-10(2)13-12(15(16)17)7-6-11(3)14(13)19-9-5-8-18-4/h6-7,10H,5,8-9H2,1-4H3,(H2,16,17). The van der Waals surface area contributed by atoms with Crippen LogP contribution in [0.4, 0.5) is 0 Å². The van der Waals surface area contributed by atoms with Crippen LogP contribution in [0.3, 0.4) is 0 Å². The molecule has 4 heteroatoms. The summed E-state index contributed by atoms with van der Waals surface area (Å²) in [4.78, 5) is 11.5. The fourth-order valence-electron chi connectivity index (χ4n) is 2.07. The Kier molecular flexibility index (Phi) is 5.83. The summed E-state index contributed by atoms with van der Waals surface area (Å²) >= 11 is 0. The molecule has 1 aromatic carbocycles. The Labute approximate surface area is 114 Å². The molecular weight excluding hydrogens is 242 g/mol. The van der Waals surface area contributed by atoms with E-state index < -0.39 is 5.91 Å². The number of amides is 1. The van der Waals surface area contributed by atoms with Gasteiger partial charge >= 0.3 is 0 Å². The number of hydrogen-bond acceptors (Lipinski definition) is 3. The Balaban J connectivity index is 3.05. The zero-order valence-corrected chi connectivity index (χ0v) is 12.2. The maximum absolute atomic E-state index is 11.5. The first-order valence-corrected chi connectivity index (χ1v) is 6.54. The van der Waals surface area contributed by atoms with Gasteiger partial charge in [-0.1, -0.05) is 19.9 Å². The quantitative estimate of drug-likeness (QED) is 0.771. The maximum Gasteiger partial charge on any atom is 0.249 e. The van der Waals surface area contributed by atoms with Gasteiger partial charge in [-0.05, 0) is 24.5 Å². The van der Waals surface area contributed by atoms with Crippen molar-refractivity contribution < 1.29 is 14.3 Å². The van der Waals surface area contributed by atoms with Gasteiger partial charge in [-0.2, -0.15) is 0 Å².